The maximum Gasteiger partial charge on any atom is 0.161 e. The summed E-state index contributed by atoms with van der Waals surface area (Å²) in [7, 11) is 0. The summed E-state index contributed by atoms with van der Waals surface area (Å²) in [5.41, 5.74) is 4.09. The second-order valence-corrected chi connectivity index (χ2v) is 7.48. The molecule has 3 aromatic rings. The molecule has 2 aliphatic heterocycles. The molecule has 0 N–H and O–H groups in total. The molecule has 0 amide bonds. The summed E-state index contributed by atoms with van der Waals surface area (Å²) in [4.78, 5) is 2.53. The quantitative estimate of drug-likeness (QED) is 0.681. The average molecular weight is 386 g/mol. The second kappa shape index (κ2) is 7.61. The van der Waals surface area contributed by atoms with E-state index in [1.54, 1.807) is 17.1 Å². The van der Waals surface area contributed by atoms with Crippen LogP contribution in [0.4, 0.5) is 0 Å². The summed E-state index contributed by atoms with van der Waals surface area (Å²) >= 11 is 0. The summed E-state index contributed by atoms with van der Waals surface area (Å²) in [5.74, 6) is 1.71. The Bertz CT molecular complexity index is 1050. The highest BCUT2D eigenvalue weighted by atomic mass is 16.6. The summed E-state index contributed by atoms with van der Waals surface area (Å²) in [6.07, 6.45) is 5.67. The summed E-state index contributed by atoms with van der Waals surface area (Å²) < 4.78 is 13.2. The predicted molar refractivity (Wildman–Crippen MR) is 108 cm³/mol. The fraction of sp³-hybridized carbons (Fsp3) is 0.304. The molecule has 0 bridgehead atoms. The van der Waals surface area contributed by atoms with Gasteiger partial charge in [-0.3, -0.25) is 4.90 Å². The molecule has 1 atom stereocenters. The van der Waals surface area contributed by atoms with Crippen molar-refractivity contribution in [2.45, 2.75) is 25.4 Å². The van der Waals surface area contributed by atoms with Crippen LogP contribution in [0.15, 0.2) is 54.9 Å². The van der Waals surface area contributed by atoms with E-state index in [1.165, 1.54) is 17.5 Å². The van der Waals surface area contributed by atoms with E-state index in [1.807, 2.05) is 6.07 Å². The van der Waals surface area contributed by atoms with E-state index in [0.717, 1.165) is 36.7 Å². The first-order valence-electron chi connectivity index (χ1n) is 9.98. The van der Waals surface area contributed by atoms with Gasteiger partial charge in [0.05, 0.1) is 17.4 Å². The third-order valence-electron chi connectivity index (χ3n) is 5.61. The van der Waals surface area contributed by atoms with E-state index < -0.39 is 0 Å². The lowest BCUT2D eigenvalue weighted by Crippen LogP contribution is -2.23. The Balaban J connectivity index is 1.31. The summed E-state index contributed by atoms with van der Waals surface area (Å²) in [6.45, 7) is 3.23. The van der Waals surface area contributed by atoms with Gasteiger partial charge in [0.1, 0.15) is 19.3 Å². The van der Waals surface area contributed by atoms with Crippen LogP contribution in [-0.4, -0.2) is 34.4 Å². The largest absolute Gasteiger partial charge is 0.486 e. The van der Waals surface area contributed by atoms with Gasteiger partial charge in [0.15, 0.2) is 11.5 Å². The van der Waals surface area contributed by atoms with Gasteiger partial charge in [0.2, 0.25) is 0 Å². The molecule has 1 aromatic heterocycles. The van der Waals surface area contributed by atoms with Crippen molar-refractivity contribution in [2.24, 2.45) is 0 Å². The van der Waals surface area contributed by atoms with Crippen molar-refractivity contribution in [1.82, 2.24) is 14.7 Å². The van der Waals surface area contributed by atoms with E-state index in [9.17, 15) is 0 Å². The van der Waals surface area contributed by atoms with Gasteiger partial charge < -0.3 is 9.47 Å². The number of hydrogen-bond donors (Lipinski definition) is 0. The minimum absolute atomic E-state index is 0.398. The molecule has 0 spiro atoms. The van der Waals surface area contributed by atoms with E-state index in [0.29, 0.717) is 24.8 Å². The van der Waals surface area contributed by atoms with Crippen molar-refractivity contribution in [3.63, 3.8) is 0 Å². The second-order valence-electron chi connectivity index (χ2n) is 7.48. The van der Waals surface area contributed by atoms with Gasteiger partial charge in [-0.25, -0.2) is 4.68 Å². The lowest BCUT2D eigenvalue weighted by molar-refractivity contribution is 0.170. The van der Waals surface area contributed by atoms with Crippen molar-refractivity contribution in [3.8, 4) is 23.3 Å². The van der Waals surface area contributed by atoms with Crippen LogP contribution in [0.2, 0.25) is 0 Å². The molecule has 1 fully saturated rings. The fourth-order valence-corrected chi connectivity index (χ4v) is 4.17. The third kappa shape index (κ3) is 3.57. The smallest absolute Gasteiger partial charge is 0.161 e. The lowest BCUT2D eigenvalue weighted by Gasteiger charge is -2.26. The number of likely N-dealkylation sites (tertiary alicyclic amines) is 1. The zero-order valence-corrected chi connectivity index (χ0v) is 16.1. The Morgan fingerprint density at radius 2 is 1.90 bits per heavy atom. The lowest BCUT2D eigenvalue weighted by atomic mass is 10.0. The van der Waals surface area contributed by atoms with Gasteiger partial charge in [0.25, 0.3) is 0 Å². The highest BCUT2D eigenvalue weighted by Crippen LogP contribution is 2.38. The molecule has 1 saturated heterocycles. The minimum Gasteiger partial charge on any atom is -0.486 e. The number of ether oxygens (including phenoxy) is 2. The van der Waals surface area contributed by atoms with Gasteiger partial charge in [-0.15, -0.1) is 0 Å². The zero-order chi connectivity index (χ0) is 19.6. The standard InChI is InChI=1S/C23H22N4O2/c24-13-18-14-25-27(16-18)20-6-3-17(4-7-20)15-26-9-1-2-21(26)19-5-8-22-23(12-19)29-11-10-28-22/h3-8,12,14,16,21H,1-2,9-11,15H2/t21-/m1/s1. The normalized spacial score (nSPS) is 18.5. The molecule has 0 saturated carbocycles. The first-order valence-corrected chi connectivity index (χ1v) is 9.98. The van der Waals surface area contributed by atoms with Crippen LogP contribution >= 0.6 is 0 Å². The van der Waals surface area contributed by atoms with E-state index in [2.05, 4.69) is 52.5 Å². The highest BCUT2D eigenvalue weighted by molar-refractivity contribution is 5.45. The molecule has 146 valence electrons. The van der Waals surface area contributed by atoms with Gasteiger partial charge in [-0.2, -0.15) is 10.4 Å². The van der Waals surface area contributed by atoms with Crippen molar-refractivity contribution >= 4 is 0 Å². The minimum atomic E-state index is 0.398. The molecule has 2 aromatic carbocycles. The van der Waals surface area contributed by atoms with Crippen LogP contribution < -0.4 is 9.47 Å². The van der Waals surface area contributed by atoms with E-state index >= 15 is 0 Å². The molecular formula is C23H22N4O2. The monoisotopic (exact) mass is 386 g/mol. The Morgan fingerprint density at radius 1 is 1.07 bits per heavy atom. The van der Waals surface area contributed by atoms with Crippen molar-refractivity contribution in [3.05, 3.63) is 71.5 Å². The predicted octanol–water partition coefficient (Wildman–Crippen LogP) is 3.85. The molecule has 2 aliphatic rings. The molecule has 0 radical (unpaired) electrons. The Labute approximate surface area is 169 Å². The molecule has 6 heteroatoms. The van der Waals surface area contributed by atoms with Gasteiger partial charge in [0, 0.05) is 18.8 Å². The molecule has 29 heavy (non-hydrogen) atoms. The average Bonchev–Trinajstić information content (AvgIpc) is 3.43. The summed E-state index contributed by atoms with van der Waals surface area (Å²) in [5, 5.41) is 13.2. The summed E-state index contributed by atoms with van der Waals surface area (Å²) in [6, 6.07) is 17.2. The van der Waals surface area contributed by atoms with Gasteiger partial charge in [-0.1, -0.05) is 18.2 Å². The highest BCUT2D eigenvalue weighted by Gasteiger charge is 2.27. The van der Waals surface area contributed by atoms with Crippen molar-refractivity contribution < 1.29 is 9.47 Å². The van der Waals surface area contributed by atoms with Gasteiger partial charge in [-0.05, 0) is 54.8 Å². The van der Waals surface area contributed by atoms with Crippen LogP contribution in [0.25, 0.3) is 5.69 Å². The number of fused-ring (bicyclic) bond motifs is 1. The first kappa shape index (κ1) is 17.8. The van der Waals surface area contributed by atoms with Crippen LogP contribution in [0, 0.1) is 11.3 Å². The van der Waals surface area contributed by atoms with Crippen LogP contribution in [0.3, 0.4) is 0 Å². The molecule has 6 nitrogen and oxygen atoms in total. The van der Waals surface area contributed by atoms with Crippen LogP contribution in [0.5, 0.6) is 11.5 Å². The number of aromatic nitrogens is 2. The Kier molecular flexibility index (Phi) is 4.66. The topological polar surface area (TPSA) is 63.3 Å². The number of benzene rings is 2. The van der Waals surface area contributed by atoms with Crippen molar-refractivity contribution in [1.29, 1.82) is 5.26 Å². The zero-order valence-electron chi connectivity index (χ0n) is 16.1. The SMILES string of the molecule is N#Cc1cnn(-c2ccc(CN3CCC[C@@H]3c3ccc4c(c3)OCCO4)cc2)c1. The molecule has 5 rings (SSSR count). The molecule has 0 aliphatic carbocycles. The molecular weight excluding hydrogens is 364 g/mol. The number of hydrogen-bond acceptors (Lipinski definition) is 5. The van der Waals surface area contributed by atoms with Gasteiger partial charge >= 0.3 is 0 Å². The maximum atomic E-state index is 8.96. The number of nitrogens with zero attached hydrogens (tertiary/aromatic N) is 4. The molecule has 3 heterocycles. The Hall–Kier alpha value is -3.30. The maximum absolute atomic E-state index is 8.96. The third-order valence-corrected chi connectivity index (χ3v) is 5.61. The Morgan fingerprint density at radius 3 is 2.69 bits per heavy atom. The van der Waals surface area contributed by atoms with E-state index in [4.69, 9.17) is 14.7 Å². The number of nitriles is 1. The molecule has 0 unspecified atom stereocenters. The number of rotatable bonds is 4. The van der Waals surface area contributed by atoms with Crippen LogP contribution in [-0.2, 0) is 6.54 Å². The van der Waals surface area contributed by atoms with E-state index in [-0.39, 0.29) is 0 Å². The van der Waals surface area contributed by atoms with Crippen LogP contribution in [0.1, 0.15) is 35.6 Å². The first-order chi connectivity index (χ1) is 14.3. The van der Waals surface area contributed by atoms with Crippen molar-refractivity contribution in [2.75, 3.05) is 19.8 Å². The fourth-order valence-electron chi connectivity index (χ4n) is 4.17.